The Labute approximate surface area is 110 Å². The molecule has 0 bridgehead atoms. The van der Waals surface area contributed by atoms with E-state index in [0.717, 1.165) is 30.4 Å². The summed E-state index contributed by atoms with van der Waals surface area (Å²) in [5, 5.41) is 0. The molecule has 3 nitrogen and oxygen atoms in total. The van der Waals surface area contributed by atoms with Crippen LogP contribution in [0.3, 0.4) is 0 Å². The van der Waals surface area contributed by atoms with Gasteiger partial charge < -0.3 is 10.2 Å². The van der Waals surface area contributed by atoms with Gasteiger partial charge in [-0.2, -0.15) is 0 Å². The third kappa shape index (κ3) is 3.36. The molecule has 0 radical (unpaired) electrons. The molecule has 2 rings (SSSR count). The zero-order valence-electron chi connectivity index (χ0n) is 11.7. The molecule has 102 valence electrons. The first-order valence-electron chi connectivity index (χ1n) is 7.31. The molecule has 2 N–H and O–H groups in total. The third-order valence-corrected chi connectivity index (χ3v) is 3.72. The van der Waals surface area contributed by atoms with E-state index < -0.39 is 0 Å². The minimum Gasteiger partial charge on any atom is -0.464 e. The molecule has 0 amide bonds. The first-order valence-corrected chi connectivity index (χ1v) is 7.31. The van der Waals surface area contributed by atoms with E-state index in [1.165, 1.54) is 25.8 Å². The van der Waals surface area contributed by atoms with E-state index in [2.05, 4.69) is 30.9 Å². The lowest BCUT2D eigenvalue weighted by atomic mass is 10.1. The van der Waals surface area contributed by atoms with Gasteiger partial charge in [0.15, 0.2) is 0 Å². The van der Waals surface area contributed by atoms with Crippen LogP contribution in [0.5, 0.6) is 0 Å². The summed E-state index contributed by atoms with van der Waals surface area (Å²) in [7, 11) is 0. The lowest BCUT2D eigenvalue weighted by molar-refractivity contribution is 0.170. The second kappa shape index (κ2) is 6.39. The van der Waals surface area contributed by atoms with Gasteiger partial charge in [-0.05, 0) is 43.9 Å². The van der Waals surface area contributed by atoms with Crippen LogP contribution in [0.15, 0.2) is 16.5 Å². The normalized spacial score (nSPS) is 17.3. The monoisotopic (exact) mass is 250 g/mol. The molecular weight excluding hydrogens is 224 g/mol. The minimum absolute atomic E-state index is 0.255. The highest BCUT2D eigenvalue weighted by Crippen LogP contribution is 2.33. The summed E-state index contributed by atoms with van der Waals surface area (Å²) in [6, 6.07) is 4.44. The Bertz CT molecular complexity index is 357. The maximum atomic E-state index is 5.98. The van der Waals surface area contributed by atoms with Crippen molar-refractivity contribution in [3.05, 3.63) is 23.7 Å². The van der Waals surface area contributed by atoms with E-state index in [9.17, 15) is 0 Å². The lowest BCUT2D eigenvalue weighted by Crippen LogP contribution is -2.35. The molecule has 1 atom stereocenters. The van der Waals surface area contributed by atoms with Crippen LogP contribution in [0.2, 0.25) is 0 Å². The summed E-state index contributed by atoms with van der Waals surface area (Å²) in [6.45, 7) is 7.28. The van der Waals surface area contributed by atoms with Gasteiger partial charge in [0.25, 0.3) is 0 Å². The Kier molecular flexibility index (Phi) is 4.84. The summed E-state index contributed by atoms with van der Waals surface area (Å²) < 4.78 is 5.89. The van der Waals surface area contributed by atoms with Crippen LogP contribution in [-0.4, -0.2) is 24.5 Å². The van der Waals surface area contributed by atoms with E-state index >= 15 is 0 Å². The highest BCUT2D eigenvalue weighted by molar-refractivity contribution is 5.11. The molecule has 3 heteroatoms. The van der Waals surface area contributed by atoms with Crippen molar-refractivity contribution in [1.29, 1.82) is 0 Å². The molecular formula is C15H26N2O. The van der Waals surface area contributed by atoms with Crippen molar-refractivity contribution < 1.29 is 4.42 Å². The second-order valence-corrected chi connectivity index (χ2v) is 5.35. The molecule has 0 aromatic carbocycles. The molecule has 0 spiro atoms. The van der Waals surface area contributed by atoms with E-state index in [-0.39, 0.29) is 6.04 Å². The van der Waals surface area contributed by atoms with Crippen LogP contribution in [-0.2, 0) is 6.42 Å². The van der Waals surface area contributed by atoms with Crippen LogP contribution < -0.4 is 5.73 Å². The van der Waals surface area contributed by atoms with E-state index in [4.69, 9.17) is 10.2 Å². The molecule has 1 aromatic rings. The van der Waals surface area contributed by atoms with Crippen molar-refractivity contribution in [2.45, 2.75) is 45.6 Å². The van der Waals surface area contributed by atoms with Gasteiger partial charge in [-0.15, -0.1) is 0 Å². The molecule has 1 aliphatic carbocycles. The molecule has 1 fully saturated rings. The van der Waals surface area contributed by atoms with E-state index in [1.54, 1.807) is 0 Å². The largest absolute Gasteiger partial charge is 0.464 e. The van der Waals surface area contributed by atoms with Crippen molar-refractivity contribution >= 4 is 0 Å². The average Bonchev–Trinajstić information content (AvgIpc) is 3.06. The van der Waals surface area contributed by atoms with Gasteiger partial charge in [0.2, 0.25) is 0 Å². The molecule has 0 saturated heterocycles. The van der Waals surface area contributed by atoms with Crippen LogP contribution in [0.25, 0.3) is 0 Å². The summed E-state index contributed by atoms with van der Waals surface area (Å²) in [5.74, 6) is 3.00. The average molecular weight is 250 g/mol. The van der Waals surface area contributed by atoms with Crippen LogP contribution in [0, 0.1) is 5.92 Å². The fourth-order valence-corrected chi connectivity index (χ4v) is 2.50. The van der Waals surface area contributed by atoms with Gasteiger partial charge in [0.05, 0.1) is 6.04 Å². The quantitative estimate of drug-likeness (QED) is 0.771. The van der Waals surface area contributed by atoms with Gasteiger partial charge in [-0.25, -0.2) is 0 Å². The fourth-order valence-electron chi connectivity index (χ4n) is 2.50. The maximum absolute atomic E-state index is 5.98. The van der Waals surface area contributed by atoms with Crippen molar-refractivity contribution in [3.8, 4) is 0 Å². The molecule has 1 saturated carbocycles. The first-order chi connectivity index (χ1) is 8.78. The van der Waals surface area contributed by atoms with Gasteiger partial charge >= 0.3 is 0 Å². The summed E-state index contributed by atoms with van der Waals surface area (Å²) in [6.07, 6.45) is 4.89. The molecule has 0 aliphatic heterocycles. The molecule has 1 unspecified atom stereocenters. The second-order valence-electron chi connectivity index (χ2n) is 5.35. The summed E-state index contributed by atoms with van der Waals surface area (Å²) in [5.41, 5.74) is 5.98. The van der Waals surface area contributed by atoms with Gasteiger partial charge in [0.1, 0.15) is 11.5 Å². The number of aryl methyl sites for hydroxylation is 1. The smallest absolute Gasteiger partial charge is 0.122 e. The number of nitrogens with zero attached hydrogens (tertiary/aromatic N) is 1. The molecule has 1 aliphatic rings. The Balaban J connectivity index is 2.07. The zero-order valence-corrected chi connectivity index (χ0v) is 11.7. The third-order valence-electron chi connectivity index (χ3n) is 3.72. The predicted octanol–water partition coefficient (Wildman–Crippen LogP) is 2.96. The van der Waals surface area contributed by atoms with Crippen LogP contribution in [0.1, 0.15) is 50.7 Å². The number of hydrogen-bond acceptors (Lipinski definition) is 3. The van der Waals surface area contributed by atoms with Crippen LogP contribution in [0.4, 0.5) is 0 Å². The Morgan fingerprint density at radius 3 is 2.67 bits per heavy atom. The Morgan fingerprint density at radius 1 is 1.39 bits per heavy atom. The highest BCUT2D eigenvalue weighted by atomic mass is 16.3. The lowest BCUT2D eigenvalue weighted by Gasteiger charge is -2.29. The molecule has 1 aromatic heterocycles. The predicted molar refractivity (Wildman–Crippen MR) is 74.5 cm³/mol. The molecule has 18 heavy (non-hydrogen) atoms. The first kappa shape index (κ1) is 13.6. The SMILES string of the molecule is CCCN(CC1CC1)C(CN)c1ccc(CC)o1. The summed E-state index contributed by atoms with van der Waals surface area (Å²) in [4.78, 5) is 2.51. The minimum atomic E-state index is 0.255. The van der Waals surface area contributed by atoms with Crippen molar-refractivity contribution in [2.75, 3.05) is 19.6 Å². The van der Waals surface area contributed by atoms with Crippen molar-refractivity contribution in [1.82, 2.24) is 4.90 Å². The highest BCUT2D eigenvalue weighted by Gasteiger charge is 2.29. The number of hydrogen-bond donors (Lipinski definition) is 1. The van der Waals surface area contributed by atoms with E-state index in [0.29, 0.717) is 6.54 Å². The summed E-state index contributed by atoms with van der Waals surface area (Å²) >= 11 is 0. The Morgan fingerprint density at radius 2 is 2.17 bits per heavy atom. The standard InChI is InChI=1S/C15H26N2O/c1-3-9-17(11-12-5-6-12)14(10-16)15-8-7-13(4-2)18-15/h7-8,12,14H,3-6,9-11,16H2,1-2H3. The van der Waals surface area contributed by atoms with Crippen molar-refractivity contribution in [3.63, 3.8) is 0 Å². The fraction of sp³-hybridized carbons (Fsp3) is 0.733. The number of rotatable bonds is 8. The number of furan rings is 1. The van der Waals surface area contributed by atoms with Gasteiger partial charge in [-0.1, -0.05) is 13.8 Å². The molecule has 1 heterocycles. The van der Waals surface area contributed by atoms with Gasteiger partial charge in [0, 0.05) is 19.5 Å². The van der Waals surface area contributed by atoms with Gasteiger partial charge in [-0.3, -0.25) is 4.90 Å². The van der Waals surface area contributed by atoms with Crippen LogP contribution >= 0.6 is 0 Å². The number of nitrogens with two attached hydrogens (primary N) is 1. The van der Waals surface area contributed by atoms with E-state index in [1.807, 2.05) is 0 Å². The van der Waals surface area contributed by atoms with Crippen molar-refractivity contribution in [2.24, 2.45) is 11.7 Å². The zero-order chi connectivity index (χ0) is 13.0. The Hall–Kier alpha value is -0.800. The maximum Gasteiger partial charge on any atom is 0.122 e. The topological polar surface area (TPSA) is 42.4 Å².